The van der Waals surface area contributed by atoms with Gasteiger partial charge in [0.05, 0.1) is 4.90 Å². The fourth-order valence-corrected chi connectivity index (χ4v) is 4.72. The first-order chi connectivity index (χ1) is 10.4. The van der Waals surface area contributed by atoms with E-state index < -0.39 is 10.0 Å². The van der Waals surface area contributed by atoms with Crippen molar-refractivity contribution in [2.75, 3.05) is 6.54 Å². The molecule has 0 spiro atoms. The van der Waals surface area contributed by atoms with Gasteiger partial charge in [-0.05, 0) is 61.1 Å². The Balaban J connectivity index is 2.00. The topological polar surface area (TPSA) is 37.4 Å². The lowest BCUT2D eigenvalue weighted by Gasteiger charge is -2.29. The Hall–Kier alpha value is -1.65. The highest BCUT2D eigenvalue weighted by molar-refractivity contribution is 7.89. The molecule has 0 fully saturated rings. The molecule has 0 unspecified atom stereocenters. The van der Waals surface area contributed by atoms with E-state index in [2.05, 4.69) is 6.07 Å². The second-order valence-electron chi connectivity index (χ2n) is 5.99. The third-order valence-electron chi connectivity index (χ3n) is 4.72. The van der Waals surface area contributed by atoms with Crippen molar-refractivity contribution in [1.82, 2.24) is 4.31 Å². The van der Waals surface area contributed by atoms with Crippen molar-refractivity contribution in [3.63, 3.8) is 0 Å². The fraction of sp³-hybridized carbons (Fsp3) is 0.333. The summed E-state index contributed by atoms with van der Waals surface area (Å²) in [6.07, 6.45) is 0.777. The number of hydrogen-bond donors (Lipinski definition) is 0. The van der Waals surface area contributed by atoms with Crippen molar-refractivity contribution in [1.29, 1.82) is 0 Å². The van der Waals surface area contributed by atoms with Gasteiger partial charge in [-0.2, -0.15) is 4.31 Å². The molecule has 1 aliphatic rings. The summed E-state index contributed by atoms with van der Waals surface area (Å²) in [6.45, 7) is 6.90. The highest BCUT2D eigenvalue weighted by atomic mass is 32.2. The number of benzene rings is 2. The van der Waals surface area contributed by atoms with Crippen LogP contribution in [0.5, 0.6) is 0 Å². The first-order valence-electron chi connectivity index (χ1n) is 7.55. The first kappa shape index (κ1) is 15.3. The molecule has 3 nitrogen and oxygen atoms in total. The molecule has 0 saturated heterocycles. The van der Waals surface area contributed by atoms with Gasteiger partial charge in [-0.3, -0.25) is 0 Å². The minimum absolute atomic E-state index is 0.440. The van der Waals surface area contributed by atoms with Crippen molar-refractivity contribution in [3.05, 3.63) is 64.2 Å². The van der Waals surface area contributed by atoms with Crippen LogP contribution in [0.4, 0.5) is 0 Å². The van der Waals surface area contributed by atoms with Crippen LogP contribution in [0.1, 0.15) is 27.8 Å². The smallest absolute Gasteiger partial charge is 0.207 e. The maximum atomic E-state index is 13.0. The van der Waals surface area contributed by atoms with Crippen molar-refractivity contribution >= 4 is 10.0 Å². The lowest BCUT2D eigenvalue weighted by molar-refractivity contribution is 0.391. The van der Waals surface area contributed by atoms with Crippen LogP contribution >= 0.6 is 0 Å². The molecule has 0 aliphatic carbocycles. The van der Waals surface area contributed by atoms with Gasteiger partial charge in [-0.1, -0.05) is 30.3 Å². The summed E-state index contributed by atoms with van der Waals surface area (Å²) < 4.78 is 27.6. The maximum absolute atomic E-state index is 13.0. The number of sulfonamides is 1. The lowest BCUT2D eigenvalue weighted by Crippen LogP contribution is -2.36. The van der Waals surface area contributed by atoms with Crippen molar-refractivity contribution in [2.45, 2.75) is 38.6 Å². The summed E-state index contributed by atoms with van der Waals surface area (Å²) in [5.74, 6) is 0. The third-order valence-corrected chi connectivity index (χ3v) is 6.71. The summed E-state index contributed by atoms with van der Waals surface area (Å²) in [6, 6.07) is 11.7. The number of fused-ring (bicyclic) bond motifs is 1. The van der Waals surface area contributed by atoms with Gasteiger partial charge >= 0.3 is 0 Å². The Labute approximate surface area is 132 Å². The highest BCUT2D eigenvalue weighted by Gasteiger charge is 2.29. The normalized spacial score (nSPS) is 15.6. The highest BCUT2D eigenvalue weighted by Crippen LogP contribution is 2.28. The molecule has 1 aliphatic heterocycles. The molecule has 1 heterocycles. The monoisotopic (exact) mass is 315 g/mol. The van der Waals surface area contributed by atoms with Crippen molar-refractivity contribution in [2.24, 2.45) is 0 Å². The van der Waals surface area contributed by atoms with Crippen LogP contribution in [0.25, 0.3) is 0 Å². The fourth-order valence-electron chi connectivity index (χ4n) is 3.02. The molecular weight excluding hydrogens is 294 g/mol. The zero-order chi connectivity index (χ0) is 15.9. The van der Waals surface area contributed by atoms with E-state index in [-0.39, 0.29) is 0 Å². The van der Waals surface area contributed by atoms with Crippen LogP contribution in [0.15, 0.2) is 41.3 Å². The van der Waals surface area contributed by atoms with E-state index in [0.29, 0.717) is 18.0 Å². The van der Waals surface area contributed by atoms with E-state index in [4.69, 9.17) is 0 Å². The summed E-state index contributed by atoms with van der Waals surface area (Å²) in [7, 11) is -3.44. The van der Waals surface area contributed by atoms with Gasteiger partial charge < -0.3 is 0 Å². The van der Waals surface area contributed by atoms with Crippen LogP contribution in [0, 0.1) is 20.8 Å². The van der Waals surface area contributed by atoms with E-state index in [1.807, 2.05) is 45.0 Å². The third kappa shape index (κ3) is 2.46. The van der Waals surface area contributed by atoms with Gasteiger partial charge in [-0.15, -0.1) is 0 Å². The van der Waals surface area contributed by atoms with E-state index in [1.165, 1.54) is 5.56 Å². The molecule has 0 N–H and O–H groups in total. The number of aryl methyl sites for hydroxylation is 1. The Kier molecular flexibility index (Phi) is 3.83. The van der Waals surface area contributed by atoms with E-state index in [9.17, 15) is 8.42 Å². The Bertz CT molecular complexity index is 825. The summed E-state index contributed by atoms with van der Waals surface area (Å²) in [4.78, 5) is 0.440. The quantitative estimate of drug-likeness (QED) is 0.852. The molecule has 0 radical (unpaired) electrons. The minimum atomic E-state index is -3.44. The predicted octanol–water partition coefficient (Wildman–Crippen LogP) is 3.36. The molecule has 0 atom stereocenters. The van der Waals surface area contributed by atoms with Crippen LogP contribution in [0.2, 0.25) is 0 Å². The van der Waals surface area contributed by atoms with Crippen molar-refractivity contribution in [3.8, 4) is 0 Å². The van der Waals surface area contributed by atoms with E-state index in [0.717, 1.165) is 28.7 Å². The average molecular weight is 315 g/mol. The van der Waals surface area contributed by atoms with Gasteiger partial charge in [0.1, 0.15) is 0 Å². The minimum Gasteiger partial charge on any atom is -0.207 e. The zero-order valence-corrected chi connectivity index (χ0v) is 14.1. The van der Waals surface area contributed by atoms with Crippen LogP contribution in [-0.2, 0) is 23.0 Å². The van der Waals surface area contributed by atoms with E-state index >= 15 is 0 Å². The van der Waals surface area contributed by atoms with Crippen LogP contribution in [0.3, 0.4) is 0 Å². The molecule has 0 amide bonds. The average Bonchev–Trinajstić information content (AvgIpc) is 2.52. The largest absolute Gasteiger partial charge is 0.243 e. The zero-order valence-electron chi connectivity index (χ0n) is 13.3. The van der Waals surface area contributed by atoms with Gasteiger partial charge in [0.25, 0.3) is 0 Å². The van der Waals surface area contributed by atoms with Gasteiger partial charge in [0.2, 0.25) is 10.0 Å². The van der Waals surface area contributed by atoms with Crippen LogP contribution in [-0.4, -0.2) is 19.3 Å². The van der Waals surface area contributed by atoms with Gasteiger partial charge in [-0.25, -0.2) is 8.42 Å². The molecule has 2 aromatic carbocycles. The predicted molar refractivity (Wildman–Crippen MR) is 88.4 cm³/mol. The van der Waals surface area contributed by atoms with Crippen LogP contribution < -0.4 is 0 Å². The maximum Gasteiger partial charge on any atom is 0.243 e. The first-order valence-corrected chi connectivity index (χ1v) is 8.99. The summed E-state index contributed by atoms with van der Waals surface area (Å²) >= 11 is 0. The number of nitrogens with zero attached hydrogens (tertiary/aromatic N) is 1. The Morgan fingerprint density at radius 3 is 2.32 bits per heavy atom. The SMILES string of the molecule is Cc1ccc(S(=O)(=O)N2CCc3ccccc3C2)c(C)c1C. The van der Waals surface area contributed by atoms with E-state index in [1.54, 1.807) is 10.4 Å². The second-order valence-corrected chi connectivity index (χ2v) is 7.89. The van der Waals surface area contributed by atoms with Gasteiger partial charge in [0, 0.05) is 13.1 Å². The molecular formula is C18H21NO2S. The number of hydrogen-bond acceptors (Lipinski definition) is 2. The molecule has 3 rings (SSSR count). The summed E-state index contributed by atoms with van der Waals surface area (Å²) in [5, 5.41) is 0. The summed E-state index contributed by atoms with van der Waals surface area (Å²) in [5.41, 5.74) is 5.40. The second kappa shape index (κ2) is 5.52. The lowest BCUT2D eigenvalue weighted by atomic mass is 10.0. The molecule has 22 heavy (non-hydrogen) atoms. The molecule has 0 aromatic heterocycles. The molecule has 0 saturated carbocycles. The van der Waals surface area contributed by atoms with Crippen molar-refractivity contribution < 1.29 is 8.42 Å². The standard InChI is InChI=1S/C18H21NO2S/c1-13-8-9-18(15(3)14(13)2)22(20,21)19-11-10-16-6-4-5-7-17(16)12-19/h4-9H,10-12H2,1-3H3. The Morgan fingerprint density at radius 1 is 0.909 bits per heavy atom. The molecule has 116 valence electrons. The molecule has 2 aromatic rings. The van der Waals surface area contributed by atoms with Gasteiger partial charge in [0.15, 0.2) is 0 Å². The number of rotatable bonds is 2. The molecule has 4 heteroatoms. The molecule has 0 bridgehead atoms. The Morgan fingerprint density at radius 2 is 1.59 bits per heavy atom.